The van der Waals surface area contributed by atoms with E-state index in [1.807, 2.05) is 11.0 Å². The van der Waals surface area contributed by atoms with E-state index in [4.69, 9.17) is 9.47 Å². The minimum Gasteiger partial charge on any atom is -0.379 e. The van der Waals surface area contributed by atoms with Crippen LogP contribution in [0.15, 0.2) is 24.5 Å². The number of carbonyl (C=O) groups is 1. The van der Waals surface area contributed by atoms with Crippen molar-refractivity contribution in [2.24, 2.45) is 11.8 Å². The number of ether oxygens (including phenoxy) is 2. The van der Waals surface area contributed by atoms with Gasteiger partial charge in [0.15, 0.2) is 0 Å². The summed E-state index contributed by atoms with van der Waals surface area (Å²) in [5, 5.41) is 3.71. The Hall–Kier alpha value is -1.97. The molecule has 0 saturated carbocycles. The van der Waals surface area contributed by atoms with E-state index in [1.54, 1.807) is 7.11 Å². The molecule has 1 N–H and O–H groups in total. The number of amides is 1. The molecule has 0 bridgehead atoms. The third-order valence-electron chi connectivity index (χ3n) is 7.17. The maximum absolute atomic E-state index is 13.5. The topological polar surface area (TPSA) is 63.7 Å². The lowest BCUT2D eigenvalue weighted by Crippen LogP contribution is -2.52. The first-order valence-corrected chi connectivity index (χ1v) is 12.5. The van der Waals surface area contributed by atoms with E-state index in [1.165, 1.54) is 6.20 Å². The normalized spacial score (nSPS) is 23.2. The van der Waals surface area contributed by atoms with Gasteiger partial charge in [0.05, 0.1) is 18.3 Å². The van der Waals surface area contributed by atoms with Crippen LogP contribution in [0.2, 0.25) is 0 Å². The van der Waals surface area contributed by atoms with E-state index in [-0.39, 0.29) is 35.9 Å². The van der Waals surface area contributed by atoms with Crippen LogP contribution in [-0.2, 0) is 20.4 Å². The highest BCUT2D eigenvalue weighted by Crippen LogP contribution is 2.32. The largest absolute Gasteiger partial charge is 0.417 e. The van der Waals surface area contributed by atoms with Crippen LogP contribution in [0.1, 0.15) is 57.6 Å². The summed E-state index contributed by atoms with van der Waals surface area (Å²) in [7, 11) is 1.70. The van der Waals surface area contributed by atoms with Gasteiger partial charge in [-0.15, -0.1) is 0 Å². The summed E-state index contributed by atoms with van der Waals surface area (Å²) in [5.74, 6) is 0.135. The minimum atomic E-state index is -4.43. The van der Waals surface area contributed by atoms with Gasteiger partial charge in [-0.05, 0) is 48.8 Å². The first-order valence-electron chi connectivity index (χ1n) is 12.5. The molecule has 4 unspecified atom stereocenters. The third kappa shape index (κ3) is 7.27. The van der Waals surface area contributed by atoms with Crippen molar-refractivity contribution in [1.82, 2.24) is 15.2 Å². The van der Waals surface area contributed by atoms with Crippen LogP contribution in [-0.4, -0.2) is 67.4 Å². The smallest absolute Gasteiger partial charge is 0.379 e. The number of rotatable bonds is 9. The number of nitrogens with zero attached hydrogens (tertiary/aromatic N) is 2. The van der Waals surface area contributed by atoms with E-state index in [0.29, 0.717) is 38.3 Å². The number of methoxy groups -OCH3 is 1. The first-order chi connectivity index (χ1) is 16.6. The van der Waals surface area contributed by atoms with Crippen LogP contribution in [0, 0.1) is 11.8 Å². The summed E-state index contributed by atoms with van der Waals surface area (Å²) >= 11 is 0. The van der Waals surface area contributed by atoms with E-state index < -0.39 is 11.7 Å². The van der Waals surface area contributed by atoms with Crippen molar-refractivity contribution in [1.29, 1.82) is 0 Å². The zero-order valence-electron chi connectivity index (χ0n) is 21.1. The molecule has 0 aliphatic carbocycles. The van der Waals surface area contributed by atoms with Gasteiger partial charge < -0.3 is 19.7 Å². The molecule has 2 aliphatic rings. The van der Waals surface area contributed by atoms with E-state index in [2.05, 4.69) is 31.1 Å². The molecule has 1 fully saturated rings. The fourth-order valence-corrected chi connectivity index (χ4v) is 4.89. The summed E-state index contributed by atoms with van der Waals surface area (Å²) in [5.41, 5.74) is 0.506. The molecule has 1 saturated heterocycles. The maximum Gasteiger partial charge on any atom is 0.417 e. The number of hydrogen-bond acceptors (Lipinski definition) is 5. The Labute approximate surface area is 206 Å². The molecule has 35 heavy (non-hydrogen) atoms. The standard InChI is InChI=1S/C26H38F3N3O3/c1-5-21(31-23-8-11-35-16-24(23)34-4)13-22(17(2)3)25(33)32-9-6-18(7-10-32)19-12-20(15-30-14-19)26(27,28)29/h6,12,14-15,17,21-24,31H,5,7-11,13,16H2,1-4H3. The molecule has 1 aromatic rings. The van der Waals surface area contributed by atoms with Crippen LogP contribution < -0.4 is 5.32 Å². The Balaban J connectivity index is 1.65. The number of hydrogen-bond donors (Lipinski definition) is 1. The van der Waals surface area contributed by atoms with E-state index in [9.17, 15) is 18.0 Å². The Morgan fingerprint density at radius 1 is 1.34 bits per heavy atom. The number of aromatic nitrogens is 1. The lowest BCUT2D eigenvalue weighted by Gasteiger charge is -2.37. The number of halogens is 3. The molecule has 1 aromatic heterocycles. The van der Waals surface area contributed by atoms with Gasteiger partial charge in [0.25, 0.3) is 0 Å². The second-order valence-electron chi connectivity index (χ2n) is 9.83. The Bertz CT molecular complexity index is 875. The van der Waals surface area contributed by atoms with Gasteiger partial charge in [-0.1, -0.05) is 26.8 Å². The molecule has 3 rings (SSSR count). The van der Waals surface area contributed by atoms with Crippen molar-refractivity contribution >= 4 is 11.5 Å². The lowest BCUT2D eigenvalue weighted by atomic mass is 9.86. The molecule has 0 spiro atoms. The lowest BCUT2D eigenvalue weighted by molar-refractivity contribution is -0.138. The Kier molecular flexibility index (Phi) is 9.72. The average molecular weight is 498 g/mol. The summed E-state index contributed by atoms with van der Waals surface area (Å²) < 4.78 is 50.3. The molecular formula is C26H38F3N3O3. The maximum atomic E-state index is 13.5. The minimum absolute atomic E-state index is 0.00184. The zero-order chi connectivity index (χ0) is 25.6. The van der Waals surface area contributed by atoms with E-state index in [0.717, 1.165) is 37.1 Å². The Morgan fingerprint density at radius 3 is 2.71 bits per heavy atom. The second-order valence-corrected chi connectivity index (χ2v) is 9.83. The molecule has 1 amide bonds. The van der Waals surface area contributed by atoms with Crippen LogP contribution in [0.5, 0.6) is 0 Å². The average Bonchev–Trinajstić information content (AvgIpc) is 2.85. The van der Waals surface area contributed by atoms with Gasteiger partial charge in [-0.2, -0.15) is 13.2 Å². The van der Waals surface area contributed by atoms with Crippen LogP contribution >= 0.6 is 0 Å². The quantitative estimate of drug-likeness (QED) is 0.542. The van der Waals surface area contributed by atoms with Crippen molar-refractivity contribution in [3.63, 3.8) is 0 Å². The predicted octanol–water partition coefficient (Wildman–Crippen LogP) is 4.55. The summed E-state index contributed by atoms with van der Waals surface area (Å²) in [6.07, 6.45) is 2.73. The molecule has 6 nitrogen and oxygen atoms in total. The van der Waals surface area contributed by atoms with Crippen molar-refractivity contribution in [2.45, 2.75) is 70.8 Å². The zero-order valence-corrected chi connectivity index (χ0v) is 21.1. The first kappa shape index (κ1) is 27.6. The fourth-order valence-electron chi connectivity index (χ4n) is 4.89. The molecule has 9 heteroatoms. The van der Waals surface area contributed by atoms with Crippen molar-refractivity contribution in [3.05, 3.63) is 35.7 Å². The summed E-state index contributed by atoms with van der Waals surface area (Å²) in [6.45, 7) is 8.41. The van der Waals surface area contributed by atoms with E-state index >= 15 is 0 Å². The van der Waals surface area contributed by atoms with Crippen LogP contribution in [0.25, 0.3) is 5.57 Å². The van der Waals surface area contributed by atoms with Crippen molar-refractivity contribution in [3.8, 4) is 0 Å². The number of pyridine rings is 1. The fraction of sp³-hybridized carbons (Fsp3) is 0.692. The van der Waals surface area contributed by atoms with Gasteiger partial charge in [0.1, 0.15) is 0 Å². The number of carbonyl (C=O) groups excluding carboxylic acids is 1. The van der Waals surface area contributed by atoms with Crippen LogP contribution in [0.4, 0.5) is 13.2 Å². The predicted molar refractivity (Wildman–Crippen MR) is 129 cm³/mol. The third-order valence-corrected chi connectivity index (χ3v) is 7.17. The summed E-state index contributed by atoms with van der Waals surface area (Å²) in [4.78, 5) is 19.1. The molecule has 3 heterocycles. The molecule has 2 aliphatic heterocycles. The number of nitrogens with one attached hydrogen (secondary N) is 1. The van der Waals surface area contributed by atoms with Gasteiger partial charge in [0, 0.05) is 57.2 Å². The molecule has 0 radical (unpaired) electrons. The highest BCUT2D eigenvalue weighted by atomic mass is 19.4. The van der Waals surface area contributed by atoms with Gasteiger partial charge in [0.2, 0.25) is 5.91 Å². The molecule has 4 atom stereocenters. The highest BCUT2D eigenvalue weighted by molar-refractivity contribution is 5.80. The van der Waals surface area contributed by atoms with Crippen molar-refractivity contribution < 1.29 is 27.4 Å². The van der Waals surface area contributed by atoms with Crippen LogP contribution in [0.3, 0.4) is 0 Å². The second kappa shape index (κ2) is 12.3. The molecule has 0 aromatic carbocycles. The molecule has 196 valence electrons. The highest BCUT2D eigenvalue weighted by Gasteiger charge is 2.34. The summed E-state index contributed by atoms with van der Waals surface area (Å²) in [6, 6.07) is 1.51. The number of alkyl halides is 3. The van der Waals surface area contributed by atoms with Crippen molar-refractivity contribution in [2.75, 3.05) is 33.4 Å². The van der Waals surface area contributed by atoms with Gasteiger partial charge >= 0.3 is 6.18 Å². The SMILES string of the molecule is CCC(CC(C(=O)N1CC=C(c2cncc(C(F)(F)F)c2)CC1)C(C)C)NC1CCOCC1OC. The van der Waals surface area contributed by atoms with Gasteiger partial charge in [-0.25, -0.2) is 0 Å². The Morgan fingerprint density at radius 2 is 2.11 bits per heavy atom. The monoisotopic (exact) mass is 497 g/mol. The molecular weight excluding hydrogens is 459 g/mol. The van der Waals surface area contributed by atoms with Gasteiger partial charge in [-0.3, -0.25) is 9.78 Å².